The molecule has 4 rings (SSSR count). The first-order valence-electron chi connectivity index (χ1n) is 12.6. The number of methoxy groups -OCH3 is 2. The van der Waals surface area contributed by atoms with Crippen molar-refractivity contribution in [1.29, 1.82) is 0 Å². The van der Waals surface area contributed by atoms with Crippen molar-refractivity contribution >= 4 is 11.7 Å². The molecule has 0 radical (unpaired) electrons. The van der Waals surface area contributed by atoms with Crippen molar-refractivity contribution in [3.8, 4) is 11.5 Å². The van der Waals surface area contributed by atoms with Crippen LogP contribution in [0.1, 0.15) is 76.0 Å². The van der Waals surface area contributed by atoms with E-state index < -0.39 is 0 Å². The monoisotopic (exact) mass is 464 g/mol. The Morgan fingerprint density at radius 3 is 2.59 bits per heavy atom. The number of ether oxygens (including phenoxy) is 2. The van der Waals surface area contributed by atoms with Crippen LogP contribution in [0.3, 0.4) is 0 Å². The van der Waals surface area contributed by atoms with Crippen molar-refractivity contribution in [3.05, 3.63) is 53.1 Å². The largest absolute Gasteiger partial charge is 0.497 e. The molecule has 0 saturated heterocycles. The highest BCUT2D eigenvalue weighted by Crippen LogP contribution is 2.57. The van der Waals surface area contributed by atoms with Gasteiger partial charge >= 0.3 is 6.03 Å². The topological polar surface area (TPSA) is 59.6 Å². The Labute approximate surface area is 204 Å². The summed E-state index contributed by atoms with van der Waals surface area (Å²) in [6.45, 7) is 10.0. The molecule has 1 unspecified atom stereocenters. The number of carbonyl (C=O) groups excluding carboxylic acids is 1. The van der Waals surface area contributed by atoms with E-state index in [0.717, 1.165) is 12.8 Å². The number of benzene rings is 2. The summed E-state index contributed by atoms with van der Waals surface area (Å²) in [5.74, 6) is 2.38. The fourth-order valence-electron chi connectivity index (χ4n) is 6.58. The molecule has 2 aliphatic rings. The van der Waals surface area contributed by atoms with Gasteiger partial charge in [-0.15, -0.1) is 0 Å². The zero-order valence-corrected chi connectivity index (χ0v) is 21.6. The maximum atomic E-state index is 12.9. The fourth-order valence-corrected chi connectivity index (χ4v) is 6.58. The first-order valence-corrected chi connectivity index (χ1v) is 12.6. The third-order valence-electron chi connectivity index (χ3n) is 8.48. The van der Waals surface area contributed by atoms with Gasteiger partial charge in [-0.3, -0.25) is 0 Å². The Kier molecular flexibility index (Phi) is 6.84. The van der Waals surface area contributed by atoms with E-state index >= 15 is 0 Å². The van der Waals surface area contributed by atoms with Crippen LogP contribution in [0.2, 0.25) is 0 Å². The predicted octanol–water partition coefficient (Wildman–Crippen LogP) is 6.66. The number of amides is 2. The first kappa shape index (κ1) is 24.4. The Morgan fingerprint density at radius 1 is 1.09 bits per heavy atom. The second-order valence-electron chi connectivity index (χ2n) is 11.0. The van der Waals surface area contributed by atoms with E-state index in [2.05, 4.69) is 56.5 Å². The van der Waals surface area contributed by atoms with Gasteiger partial charge in [0.05, 0.1) is 19.9 Å². The molecule has 1 saturated carbocycles. The van der Waals surface area contributed by atoms with Crippen LogP contribution < -0.4 is 20.1 Å². The minimum absolute atomic E-state index is 0.0528. The molecule has 34 heavy (non-hydrogen) atoms. The van der Waals surface area contributed by atoms with Crippen molar-refractivity contribution in [3.63, 3.8) is 0 Å². The zero-order valence-electron chi connectivity index (χ0n) is 21.6. The molecule has 2 aromatic carbocycles. The van der Waals surface area contributed by atoms with Crippen LogP contribution in [0.5, 0.6) is 11.5 Å². The van der Waals surface area contributed by atoms with Gasteiger partial charge in [0.25, 0.3) is 0 Å². The van der Waals surface area contributed by atoms with E-state index in [1.165, 1.54) is 36.0 Å². The smallest absolute Gasteiger partial charge is 0.319 e. The Bertz CT molecular complexity index is 1050. The molecule has 1 fully saturated rings. The van der Waals surface area contributed by atoms with Gasteiger partial charge in [0.1, 0.15) is 11.5 Å². The lowest BCUT2D eigenvalue weighted by molar-refractivity contribution is 0.0281. The number of hydrogen-bond donors (Lipinski definition) is 2. The minimum atomic E-state index is -0.210. The highest BCUT2D eigenvalue weighted by molar-refractivity contribution is 5.91. The average molecular weight is 465 g/mol. The van der Waals surface area contributed by atoms with Crippen LogP contribution in [0.25, 0.3) is 0 Å². The molecular formula is C29H40N2O3. The minimum Gasteiger partial charge on any atom is -0.497 e. The molecule has 2 amide bonds. The van der Waals surface area contributed by atoms with E-state index in [1.807, 2.05) is 6.07 Å². The summed E-state index contributed by atoms with van der Waals surface area (Å²) in [5.41, 5.74) is 5.31. The molecule has 184 valence electrons. The molecular weight excluding hydrogens is 424 g/mol. The maximum absolute atomic E-state index is 12.9. The van der Waals surface area contributed by atoms with Gasteiger partial charge in [0, 0.05) is 12.6 Å². The number of nitrogens with one attached hydrogen (secondary N) is 2. The molecule has 2 aromatic rings. The molecule has 0 bridgehead atoms. The molecule has 0 spiro atoms. The lowest BCUT2D eigenvalue weighted by Crippen LogP contribution is -2.53. The van der Waals surface area contributed by atoms with Crippen molar-refractivity contribution in [2.75, 3.05) is 26.1 Å². The van der Waals surface area contributed by atoms with Crippen LogP contribution >= 0.6 is 0 Å². The predicted molar refractivity (Wildman–Crippen MR) is 138 cm³/mol. The van der Waals surface area contributed by atoms with Crippen LogP contribution in [0.15, 0.2) is 36.4 Å². The van der Waals surface area contributed by atoms with E-state index in [0.29, 0.717) is 35.6 Å². The normalized spacial score (nSPS) is 25.8. The van der Waals surface area contributed by atoms with Crippen molar-refractivity contribution in [2.24, 2.45) is 11.3 Å². The second-order valence-corrected chi connectivity index (χ2v) is 11.0. The summed E-state index contributed by atoms with van der Waals surface area (Å²) in [6, 6.07) is 12.4. The number of fused-ring (bicyclic) bond motifs is 3. The lowest BCUT2D eigenvalue weighted by atomic mass is 9.49. The average Bonchev–Trinajstić information content (AvgIpc) is 2.82. The molecule has 0 aromatic heterocycles. The number of carbonyl (C=O) groups is 1. The summed E-state index contributed by atoms with van der Waals surface area (Å²) in [5, 5.41) is 6.13. The molecule has 0 heterocycles. The van der Waals surface area contributed by atoms with Crippen molar-refractivity contribution in [2.45, 2.75) is 71.1 Å². The first-order chi connectivity index (χ1) is 16.2. The summed E-state index contributed by atoms with van der Waals surface area (Å²) >= 11 is 0. The SMILES string of the molecule is COc1ccc(OC)c(NC(=O)NC[C@]2(C)CCC[C@]3(C)c4ccc(C(C)C)cc4CCC23)c1. The third kappa shape index (κ3) is 4.49. The summed E-state index contributed by atoms with van der Waals surface area (Å²) in [6.07, 6.45) is 5.83. The summed E-state index contributed by atoms with van der Waals surface area (Å²) in [7, 11) is 3.21. The second kappa shape index (κ2) is 9.52. The van der Waals surface area contributed by atoms with Crippen molar-refractivity contribution in [1.82, 2.24) is 5.32 Å². The summed E-state index contributed by atoms with van der Waals surface area (Å²) < 4.78 is 10.7. The molecule has 5 heteroatoms. The molecule has 0 aliphatic heterocycles. The number of urea groups is 1. The highest BCUT2D eigenvalue weighted by atomic mass is 16.5. The quantitative estimate of drug-likeness (QED) is 0.502. The van der Waals surface area contributed by atoms with E-state index in [1.54, 1.807) is 26.4 Å². The van der Waals surface area contributed by atoms with Gasteiger partial charge < -0.3 is 20.1 Å². The number of anilines is 1. The van der Waals surface area contributed by atoms with Gasteiger partial charge in [0.2, 0.25) is 0 Å². The number of hydrogen-bond acceptors (Lipinski definition) is 3. The van der Waals surface area contributed by atoms with Gasteiger partial charge in [-0.25, -0.2) is 4.79 Å². The fraction of sp³-hybridized carbons (Fsp3) is 0.552. The van der Waals surface area contributed by atoms with Crippen LogP contribution in [0.4, 0.5) is 10.5 Å². The Morgan fingerprint density at radius 2 is 1.88 bits per heavy atom. The molecule has 3 atom stereocenters. The molecule has 5 nitrogen and oxygen atoms in total. The van der Waals surface area contributed by atoms with E-state index in [4.69, 9.17) is 9.47 Å². The van der Waals surface area contributed by atoms with Crippen LogP contribution in [-0.4, -0.2) is 26.8 Å². The third-order valence-corrected chi connectivity index (χ3v) is 8.48. The number of rotatable bonds is 6. The van der Waals surface area contributed by atoms with Crippen LogP contribution in [0, 0.1) is 11.3 Å². The van der Waals surface area contributed by atoms with E-state index in [9.17, 15) is 4.79 Å². The lowest BCUT2D eigenvalue weighted by Gasteiger charge is -2.55. The summed E-state index contributed by atoms with van der Waals surface area (Å²) in [4.78, 5) is 12.9. The van der Waals surface area contributed by atoms with Gasteiger partial charge in [-0.2, -0.15) is 0 Å². The van der Waals surface area contributed by atoms with Crippen LogP contribution in [-0.2, 0) is 11.8 Å². The Balaban J connectivity index is 1.49. The Hall–Kier alpha value is -2.69. The maximum Gasteiger partial charge on any atom is 0.319 e. The van der Waals surface area contributed by atoms with E-state index in [-0.39, 0.29) is 16.9 Å². The number of aryl methyl sites for hydroxylation is 1. The molecule has 2 aliphatic carbocycles. The standard InChI is InChI=1S/C29H40N2O3/c1-19(2)20-8-11-23-21(16-20)9-13-26-28(3,14-7-15-29(23,26)4)18-30-27(32)31-24-17-22(33-5)10-12-25(24)34-6/h8,10-12,16-17,19,26H,7,9,13-15,18H2,1-6H3,(H2,30,31,32)/t26?,28-,29+/m0/s1. The van der Waals surface area contributed by atoms with Gasteiger partial charge in [-0.05, 0) is 77.2 Å². The molecule has 2 N–H and O–H groups in total. The zero-order chi connectivity index (χ0) is 24.5. The van der Waals surface area contributed by atoms with Gasteiger partial charge in [-0.1, -0.05) is 52.3 Å². The van der Waals surface area contributed by atoms with Crippen molar-refractivity contribution < 1.29 is 14.3 Å². The van der Waals surface area contributed by atoms with Gasteiger partial charge in [0.15, 0.2) is 0 Å². The highest BCUT2D eigenvalue weighted by Gasteiger charge is 2.51.